The molecular formula is C20H32FNO5. The van der Waals surface area contributed by atoms with Crippen LogP contribution < -0.4 is 5.73 Å². The molecule has 27 heavy (non-hydrogen) atoms. The molecule has 5 N–H and O–H groups in total. The summed E-state index contributed by atoms with van der Waals surface area (Å²) in [5.74, 6) is -3.87. The van der Waals surface area contributed by atoms with Crippen LogP contribution in [0.5, 0.6) is 0 Å². The summed E-state index contributed by atoms with van der Waals surface area (Å²) in [5.41, 5.74) is 6.89. The van der Waals surface area contributed by atoms with Crippen molar-refractivity contribution in [2.24, 2.45) is 11.1 Å². The molecule has 1 rings (SSSR count). The van der Waals surface area contributed by atoms with E-state index < -0.39 is 18.0 Å². The van der Waals surface area contributed by atoms with Gasteiger partial charge in [0.15, 0.2) is 0 Å². The summed E-state index contributed by atoms with van der Waals surface area (Å²) < 4.78 is 12.9. The van der Waals surface area contributed by atoms with E-state index in [4.69, 9.17) is 25.5 Å². The Labute approximate surface area is 160 Å². The fraction of sp³-hybridized carbons (Fsp3) is 0.600. The molecular weight excluding hydrogens is 353 g/mol. The number of hydrogen-bond acceptors (Lipinski definition) is 4. The predicted molar refractivity (Wildman–Crippen MR) is 102 cm³/mol. The molecule has 0 spiro atoms. The monoisotopic (exact) mass is 385 g/mol. The number of aliphatic hydroxyl groups is 1. The van der Waals surface area contributed by atoms with Crippen LogP contribution in [0.2, 0.25) is 0 Å². The quantitative estimate of drug-likeness (QED) is 0.383. The minimum Gasteiger partial charge on any atom is -0.473 e. The van der Waals surface area contributed by atoms with Crippen molar-refractivity contribution in [1.82, 2.24) is 0 Å². The standard InChI is InChI=1S/C18H30FNO.C2H2O4/c1-4-5-6-7-16(20)12-17(21)18(2,3)13-14-8-10-15(19)11-9-14;3-1(4)2(5)6/h8-11,16-17,21H,4-7,12-13,20H2,1-3H3;(H,3,4)(H,5,6). The second-order valence-electron chi connectivity index (χ2n) is 7.41. The van der Waals surface area contributed by atoms with Crippen molar-refractivity contribution >= 4 is 11.9 Å². The number of carboxylic acids is 2. The Morgan fingerprint density at radius 1 is 1.11 bits per heavy atom. The average Bonchev–Trinajstić information content (AvgIpc) is 2.57. The number of hydrogen-bond donors (Lipinski definition) is 4. The number of rotatable bonds is 9. The zero-order valence-electron chi connectivity index (χ0n) is 16.3. The van der Waals surface area contributed by atoms with Crippen LogP contribution in [0.25, 0.3) is 0 Å². The summed E-state index contributed by atoms with van der Waals surface area (Å²) in [4.78, 5) is 18.2. The SMILES string of the molecule is CCCCCC(N)CC(O)C(C)(C)Cc1ccc(F)cc1.O=C(O)C(=O)O. The Morgan fingerprint density at radius 3 is 2.07 bits per heavy atom. The second-order valence-corrected chi connectivity index (χ2v) is 7.41. The van der Waals surface area contributed by atoms with Crippen molar-refractivity contribution in [2.75, 3.05) is 0 Å². The van der Waals surface area contributed by atoms with E-state index in [0.717, 1.165) is 24.8 Å². The summed E-state index contributed by atoms with van der Waals surface area (Å²) in [6.45, 7) is 6.26. The smallest absolute Gasteiger partial charge is 0.414 e. The lowest BCUT2D eigenvalue weighted by Crippen LogP contribution is -2.37. The summed E-state index contributed by atoms with van der Waals surface area (Å²) in [6, 6.07) is 6.55. The average molecular weight is 385 g/mol. The van der Waals surface area contributed by atoms with Crippen LogP contribution in [0.15, 0.2) is 24.3 Å². The Morgan fingerprint density at radius 2 is 1.63 bits per heavy atom. The van der Waals surface area contributed by atoms with Crippen LogP contribution in [0.3, 0.4) is 0 Å². The molecule has 0 fully saturated rings. The van der Waals surface area contributed by atoms with E-state index in [1.54, 1.807) is 12.1 Å². The lowest BCUT2D eigenvalue weighted by Gasteiger charge is -2.32. The van der Waals surface area contributed by atoms with Crippen LogP contribution in [-0.2, 0) is 16.0 Å². The molecule has 0 saturated carbocycles. The van der Waals surface area contributed by atoms with Crippen LogP contribution >= 0.6 is 0 Å². The highest BCUT2D eigenvalue weighted by molar-refractivity contribution is 6.27. The number of nitrogens with two attached hydrogens (primary N) is 1. The molecule has 0 aromatic heterocycles. The number of unbranched alkanes of at least 4 members (excludes halogenated alkanes) is 2. The summed E-state index contributed by atoms with van der Waals surface area (Å²) in [7, 11) is 0. The fourth-order valence-electron chi connectivity index (χ4n) is 2.63. The third-order valence-electron chi connectivity index (χ3n) is 4.36. The van der Waals surface area contributed by atoms with Gasteiger partial charge in [0.25, 0.3) is 0 Å². The zero-order valence-corrected chi connectivity index (χ0v) is 16.3. The first kappa shape index (κ1) is 25.0. The third kappa shape index (κ3) is 11.4. The molecule has 0 radical (unpaired) electrons. The zero-order chi connectivity index (χ0) is 21.0. The van der Waals surface area contributed by atoms with Crippen molar-refractivity contribution in [3.8, 4) is 0 Å². The summed E-state index contributed by atoms with van der Waals surface area (Å²) in [6.07, 6.45) is 5.38. The molecule has 0 bridgehead atoms. The normalized spacial score (nSPS) is 13.3. The van der Waals surface area contributed by atoms with Gasteiger partial charge in [0.05, 0.1) is 6.10 Å². The van der Waals surface area contributed by atoms with Crippen molar-refractivity contribution < 1.29 is 29.3 Å². The third-order valence-corrected chi connectivity index (χ3v) is 4.36. The molecule has 1 aromatic rings. The van der Waals surface area contributed by atoms with Crippen molar-refractivity contribution in [3.63, 3.8) is 0 Å². The molecule has 154 valence electrons. The maximum Gasteiger partial charge on any atom is 0.414 e. The molecule has 2 unspecified atom stereocenters. The maximum absolute atomic E-state index is 12.9. The van der Waals surface area contributed by atoms with E-state index in [-0.39, 0.29) is 17.3 Å². The highest BCUT2D eigenvalue weighted by Crippen LogP contribution is 2.29. The summed E-state index contributed by atoms with van der Waals surface area (Å²) in [5, 5.41) is 25.2. The first-order valence-electron chi connectivity index (χ1n) is 9.13. The number of carbonyl (C=O) groups is 2. The van der Waals surface area contributed by atoms with Gasteiger partial charge in [-0.25, -0.2) is 14.0 Å². The molecule has 0 aliphatic rings. The van der Waals surface area contributed by atoms with Crippen molar-refractivity contribution in [2.45, 2.75) is 71.4 Å². The first-order valence-corrected chi connectivity index (χ1v) is 9.13. The van der Waals surface area contributed by atoms with Gasteiger partial charge in [0.1, 0.15) is 5.82 Å². The molecule has 1 aromatic carbocycles. The van der Waals surface area contributed by atoms with Gasteiger partial charge < -0.3 is 21.1 Å². The van der Waals surface area contributed by atoms with Crippen LogP contribution in [0, 0.1) is 11.2 Å². The Bertz CT molecular complexity index is 562. The van der Waals surface area contributed by atoms with E-state index in [0.29, 0.717) is 6.42 Å². The van der Waals surface area contributed by atoms with E-state index in [1.807, 2.05) is 13.8 Å². The van der Waals surface area contributed by atoms with Crippen LogP contribution in [-0.4, -0.2) is 39.4 Å². The van der Waals surface area contributed by atoms with Crippen LogP contribution in [0.4, 0.5) is 4.39 Å². The molecule has 7 heteroatoms. The Kier molecular flexibility index (Phi) is 11.5. The lowest BCUT2D eigenvalue weighted by atomic mass is 9.78. The highest BCUT2D eigenvalue weighted by Gasteiger charge is 2.29. The van der Waals surface area contributed by atoms with Crippen molar-refractivity contribution in [1.29, 1.82) is 0 Å². The van der Waals surface area contributed by atoms with Gasteiger partial charge in [-0.05, 0) is 42.4 Å². The maximum atomic E-state index is 12.9. The van der Waals surface area contributed by atoms with Gasteiger partial charge >= 0.3 is 11.9 Å². The molecule has 2 atom stereocenters. The molecule has 0 saturated heterocycles. The number of benzene rings is 1. The number of carboxylic acid groups (broad SMARTS) is 2. The predicted octanol–water partition coefficient (Wildman–Crippen LogP) is 3.21. The molecule has 6 nitrogen and oxygen atoms in total. The van der Waals surface area contributed by atoms with Gasteiger partial charge in [-0.2, -0.15) is 0 Å². The summed E-state index contributed by atoms with van der Waals surface area (Å²) >= 11 is 0. The first-order chi connectivity index (χ1) is 12.5. The Balaban J connectivity index is 0.000000972. The van der Waals surface area contributed by atoms with E-state index in [1.165, 1.54) is 25.0 Å². The number of aliphatic carboxylic acids is 2. The van der Waals surface area contributed by atoms with E-state index >= 15 is 0 Å². The van der Waals surface area contributed by atoms with E-state index in [9.17, 15) is 9.50 Å². The number of halogens is 1. The van der Waals surface area contributed by atoms with Gasteiger partial charge in [-0.3, -0.25) is 0 Å². The van der Waals surface area contributed by atoms with Gasteiger partial charge in [-0.15, -0.1) is 0 Å². The largest absolute Gasteiger partial charge is 0.473 e. The van der Waals surface area contributed by atoms with Gasteiger partial charge in [-0.1, -0.05) is 52.2 Å². The molecule has 0 heterocycles. The second kappa shape index (κ2) is 12.4. The minimum atomic E-state index is -1.82. The molecule has 0 amide bonds. The molecule has 0 aliphatic heterocycles. The van der Waals surface area contributed by atoms with Gasteiger partial charge in [0, 0.05) is 6.04 Å². The van der Waals surface area contributed by atoms with E-state index in [2.05, 4.69) is 6.92 Å². The minimum absolute atomic E-state index is 0.0547. The molecule has 0 aliphatic carbocycles. The van der Waals surface area contributed by atoms with Gasteiger partial charge in [0.2, 0.25) is 0 Å². The highest BCUT2D eigenvalue weighted by atomic mass is 19.1. The van der Waals surface area contributed by atoms with Crippen molar-refractivity contribution in [3.05, 3.63) is 35.6 Å². The van der Waals surface area contributed by atoms with Crippen LogP contribution in [0.1, 0.15) is 58.4 Å². The topological polar surface area (TPSA) is 121 Å². The lowest BCUT2D eigenvalue weighted by molar-refractivity contribution is -0.159. The number of aliphatic hydroxyl groups excluding tert-OH is 1. The Hall–Kier alpha value is -1.99. The fourth-order valence-corrected chi connectivity index (χ4v) is 2.63.